The number of halogens is 1. The van der Waals surface area contributed by atoms with Gasteiger partial charge in [-0.15, -0.1) is 6.42 Å². The highest BCUT2D eigenvalue weighted by molar-refractivity contribution is 9.10. The fraction of sp³-hybridized carbons (Fsp3) is 0.294. The van der Waals surface area contributed by atoms with Crippen LogP contribution in [0.4, 0.5) is 4.79 Å². The number of amides is 2. The Bertz CT molecular complexity index is 739. The van der Waals surface area contributed by atoms with E-state index < -0.39 is 0 Å². The van der Waals surface area contributed by atoms with Crippen LogP contribution in [0.3, 0.4) is 0 Å². The number of likely N-dealkylation sites (N-methyl/N-ethyl adjacent to an activating group) is 1. The van der Waals surface area contributed by atoms with Crippen LogP contribution in [0.2, 0.25) is 0 Å². The van der Waals surface area contributed by atoms with Crippen molar-refractivity contribution in [2.75, 3.05) is 19.8 Å². The first-order valence-electron chi connectivity index (χ1n) is 7.29. The van der Waals surface area contributed by atoms with Gasteiger partial charge >= 0.3 is 0 Å². The Morgan fingerprint density at radius 2 is 2.00 bits per heavy atom. The summed E-state index contributed by atoms with van der Waals surface area (Å²) in [7, 11) is 0. The normalized spacial score (nSPS) is 15.8. The second kappa shape index (κ2) is 8.27. The molecule has 0 aliphatic carbocycles. The lowest BCUT2D eigenvalue weighted by Gasteiger charge is -2.13. The van der Waals surface area contributed by atoms with Crippen molar-refractivity contribution in [2.24, 2.45) is 0 Å². The Labute approximate surface area is 153 Å². The van der Waals surface area contributed by atoms with Crippen molar-refractivity contribution in [1.82, 2.24) is 4.90 Å². The van der Waals surface area contributed by atoms with Gasteiger partial charge in [-0.2, -0.15) is 0 Å². The number of imide groups is 1. The van der Waals surface area contributed by atoms with Gasteiger partial charge in [-0.05, 0) is 49.4 Å². The van der Waals surface area contributed by atoms with Crippen LogP contribution in [0.5, 0.6) is 11.5 Å². The topological polar surface area (TPSA) is 55.8 Å². The molecule has 0 bridgehead atoms. The second-order valence-corrected chi connectivity index (χ2v) is 6.52. The molecule has 1 aliphatic heterocycles. The van der Waals surface area contributed by atoms with E-state index in [1.54, 1.807) is 25.1 Å². The lowest BCUT2D eigenvalue weighted by atomic mass is 10.2. The van der Waals surface area contributed by atoms with Gasteiger partial charge in [0.2, 0.25) is 0 Å². The molecular formula is C17H16BrNO4S. The molecule has 2 rings (SSSR count). The first kappa shape index (κ1) is 18.4. The van der Waals surface area contributed by atoms with Gasteiger partial charge in [0.05, 0.1) is 11.5 Å². The zero-order valence-corrected chi connectivity index (χ0v) is 15.7. The molecule has 1 fully saturated rings. The Morgan fingerprint density at radius 1 is 1.29 bits per heavy atom. The quantitative estimate of drug-likeness (QED) is 0.526. The molecule has 0 N–H and O–H groups in total. The molecule has 5 nitrogen and oxygen atoms in total. The molecule has 0 radical (unpaired) electrons. The molecule has 0 spiro atoms. The summed E-state index contributed by atoms with van der Waals surface area (Å²) in [4.78, 5) is 25.6. The molecule has 1 aliphatic rings. The number of nitrogens with zero attached hydrogens (tertiary/aromatic N) is 1. The minimum Gasteiger partial charge on any atom is -0.490 e. The van der Waals surface area contributed by atoms with Gasteiger partial charge in [-0.25, -0.2) is 0 Å². The van der Waals surface area contributed by atoms with E-state index in [9.17, 15) is 9.59 Å². The molecule has 0 atom stereocenters. The zero-order valence-electron chi connectivity index (χ0n) is 13.3. The van der Waals surface area contributed by atoms with E-state index in [0.29, 0.717) is 39.6 Å². The number of hydrogen-bond acceptors (Lipinski definition) is 5. The third-order valence-corrected chi connectivity index (χ3v) is 4.74. The third-order valence-electron chi connectivity index (χ3n) is 3.15. The van der Waals surface area contributed by atoms with E-state index in [4.69, 9.17) is 15.9 Å². The fourth-order valence-electron chi connectivity index (χ4n) is 2.08. The largest absolute Gasteiger partial charge is 0.490 e. The first-order chi connectivity index (χ1) is 11.5. The molecule has 0 saturated carbocycles. The Kier molecular flexibility index (Phi) is 6.35. The summed E-state index contributed by atoms with van der Waals surface area (Å²) in [6.45, 7) is 4.56. The van der Waals surface area contributed by atoms with Gasteiger partial charge in [0.25, 0.3) is 11.1 Å². The van der Waals surface area contributed by atoms with Crippen LogP contribution in [-0.2, 0) is 4.79 Å². The van der Waals surface area contributed by atoms with E-state index in [0.717, 1.165) is 11.8 Å². The van der Waals surface area contributed by atoms with Crippen LogP contribution >= 0.6 is 27.7 Å². The first-order valence-corrected chi connectivity index (χ1v) is 8.90. The highest BCUT2D eigenvalue weighted by Gasteiger charge is 2.33. The summed E-state index contributed by atoms with van der Waals surface area (Å²) in [5.41, 5.74) is 0.716. The van der Waals surface area contributed by atoms with Gasteiger partial charge in [0.15, 0.2) is 11.5 Å². The number of thioether (sulfide) groups is 1. The number of carbonyl (C=O) groups excluding carboxylic acids is 2. The van der Waals surface area contributed by atoms with E-state index in [1.807, 2.05) is 6.92 Å². The molecule has 0 aromatic heterocycles. The maximum absolute atomic E-state index is 12.2. The molecule has 7 heteroatoms. The summed E-state index contributed by atoms with van der Waals surface area (Å²) >= 11 is 4.37. The predicted molar refractivity (Wildman–Crippen MR) is 98.0 cm³/mol. The molecule has 24 heavy (non-hydrogen) atoms. The Balaban J connectivity index is 2.39. The molecule has 1 aromatic rings. The number of rotatable bonds is 6. The van der Waals surface area contributed by atoms with Crippen molar-refractivity contribution in [2.45, 2.75) is 13.8 Å². The minimum atomic E-state index is -0.287. The molecule has 1 saturated heterocycles. The Morgan fingerprint density at radius 3 is 2.58 bits per heavy atom. The van der Waals surface area contributed by atoms with Crippen LogP contribution < -0.4 is 9.47 Å². The summed E-state index contributed by atoms with van der Waals surface area (Å²) < 4.78 is 11.8. The number of ether oxygens (including phenoxy) is 2. The number of benzene rings is 1. The molecule has 1 aromatic carbocycles. The zero-order chi connectivity index (χ0) is 17.7. The average molecular weight is 410 g/mol. The molecular weight excluding hydrogens is 394 g/mol. The van der Waals surface area contributed by atoms with Crippen LogP contribution in [-0.4, -0.2) is 35.8 Å². The van der Waals surface area contributed by atoms with Crippen molar-refractivity contribution in [3.8, 4) is 23.8 Å². The van der Waals surface area contributed by atoms with Gasteiger partial charge in [-0.3, -0.25) is 14.5 Å². The minimum absolute atomic E-state index is 0.126. The molecule has 0 unspecified atom stereocenters. The summed E-state index contributed by atoms with van der Waals surface area (Å²) in [5, 5.41) is -0.260. The number of carbonyl (C=O) groups is 2. The maximum Gasteiger partial charge on any atom is 0.293 e. The van der Waals surface area contributed by atoms with Crippen LogP contribution in [0, 0.1) is 12.3 Å². The molecule has 126 valence electrons. The van der Waals surface area contributed by atoms with E-state index in [2.05, 4.69) is 21.9 Å². The van der Waals surface area contributed by atoms with Gasteiger partial charge < -0.3 is 9.47 Å². The smallest absolute Gasteiger partial charge is 0.293 e. The van der Waals surface area contributed by atoms with E-state index >= 15 is 0 Å². The average Bonchev–Trinajstić information content (AvgIpc) is 2.82. The fourth-order valence-corrected chi connectivity index (χ4v) is 3.41. The van der Waals surface area contributed by atoms with Gasteiger partial charge in [0, 0.05) is 11.0 Å². The number of terminal acetylenes is 1. The Hall–Kier alpha value is -1.91. The maximum atomic E-state index is 12.2. The van der Waals surface area contributed by atoms with Gasteiger partial charge in [-0.1, -0.05) is 21.9 Å². The van der Waals surface area contributed by atoms with Crippen molar-refractivity contribution in [1.29, 1.82) is 0 Å². The molecule has 2 amide bonds. The van der Waals surface area contributed by atoms with E-state index in [-0.39, 0.29) is 17.8 Å². The monoisotopic (exact) mass is 409 g/mol. The van der Waals surface area contributed by atoms with Crippen molar-refractivity contribution >= 4 is 44.9 Å². The van der Waals surface area contributed by atoms with Crippen LogP contribution in [0.15, 0.2) is 21.5 Å². The van der Waals surface area contributed by atoms with Crippen LogP contribution in [0.1, 0.15) is 19.4 Å². The van der Waals surface area contributed by atoms with Crippen molar-refractivity contribution < 1.29 is 19.1 Å². The highest BCUT2D eigenvalue weighted by atomic mass is 79.9. The summed E-state index contributed by atoms with van der Waals surface area (Å²) in [6, 6.07) is 3.48. The highest BCUT2D eigenvalue weighted by Crippen LogP contribution is 2.38. The summed E-state index contributed by atoms with van der Waals surface area (Å²) in [6.07, 6.45) is 6.88. The predicted octanol–water partition coefficient (Wildman–Crippen LogP) is 3.92. The third kappa shape index (κ3) is 3.94. The molecule has 1 heterocycles. The lowest BCUT2D eigenvalue weighted by Crippen LogP contribution is -2.27. The van der Waals surface area contributed by atoms with Gasteiger partial charge in [0.1, 0.15) is 6.61 Å². The van der Waals surface area contributed by atoms with Crippen molar-refractivity contribution in [3.05, 3.63) is 27.1 Å². The lowest BCUT2D eigenvalue weighted by molar-refractivity contribution is -0.122. The standard InChI is InChI=1S/C17H16BrNO4S/c1-4-7-23-14-10-12(18)11(8-13(14)22-6-3)9-15-16(20)19(5-2)17(21)24-15/h1,8-10H,5-7H2,2-3H3/b15-9+. The summed E-state index contributed by atoms with van der Waals surface area (Å²) in [5.74, 6) is 3.16. The second-order valence-electron chi connectivity index (χ2n) is 4.67. The SMILES string of the molecule is C#CCOc1cc(Br)c(/C=C2/SC(=O)N(CC)C2=O)cc1OCC. The van der Waals surface area contributed by atoms with Crippen LogP contribution in [0.25, 0.3) is 6.08 Å². The number of hydrogen-bond donors (Lipinski definition) is 0. The van der Waals surface area contributed by atoms with E-state index in [1.165, 1.54) is 4.90 Å². The van der Waals surface area contributed by atoms with Crippen molar-refractivity contribution in [3.63, 3.8) is 0 Å².